The first kappa shape index (κ1) is 11.1. The third-order valence-corrected chi connectivity index (χ3v) is 1.70. The van der Waals surface area contributed by atoms with E-state index in [0.717, 1.165) is 19.3 Å². The Balaban J connectivity index is 3.04. The van der Waals surface area contributed by atoms with Gasteiger partial charge in [-0.1, -0.05) is 0 Å². The Morgan fingerprint density at radius 1 is 1.20 bits per heavy atom. The molecule has 0 aromatic carbocycles. The lowest BCUT2D eigenvalue weighted by Gasteiger charge is -2.14. The van der Waals surface area contributed by atoms with Gasteiger partial charge in [-0.3, -0.25) is 0 Å². The van der Waals surface area contributed by atoms with E-state index in [1.54, 1.807) is 0 Å². The number of rotatable bonds is 5. The molecule has 1 nitrogen and oxygen atoms in total. The summed E-state index contributed by atoms with van der Waals surface area (Å²) in [6.07, 6.45) is 2.75. The summed E-state index contributed by atoms with van der Waals surface area (Å²) in [5.41, 5.74) is 0. The first-order valence-corrected chi connectivity index (χ1v) is 4.39. The largest absolute Gasteiger partial charge is 0.448 e. The van der Waals surface area contributed by atoms with Crippen LogP contribution >= 0.6 is 37.9 Å². The fourth-order valence-electron chi connectivity index (χ4n) is 0.548. The molecule has 2 radical (unpaired) electrons. The van der Waals surface area contributed by atoms with Gasteiger partial charge in [0.1, 0.15) is 0 Å². The normalized spacial score (nSPS) is 11.9. The molecule has 0 atom stereocenters. The van der Waals surface area contributed by atoms with Crippen LogP contribution in [0.3, 0.4) is 0 Å². The first-order valence-electron chi connectivity index (χ1n) is 3.05. The Labute approximate surface area is 80.0 Å². The molecule has 0 aromatic heterocycles. The molecule has 0 spiro atoms. The number of thiol groups is 3. The van der Waals surface area contributed by atoms with Gasteiger partial charge in [0.2, 0.25) is 0 Å². The Morgan fingerprint density at radius 3 is 2.20 bits per heavy atom. The second-order valence-corrected chi connectivity index (χ2v) is 5.45. The van der Waals surface area contributed by atoms with E-state index < -0.39 is 3.41 Å². The number of unbranched alkanes of at least 4 members (excludes halogenated alkanes) is 1. The highest BCUT2D eigenvalue weighted by Gasteiger charge is 2.11. The summed E-state index contributed by atoms with van der Waals surface area (Å²) in [5.74, 6) is 0. The van der Waals surface area contributed by atoms with Gasteiger partial charge in [-0.05, 0) is 19.3 Å². The van der Waals surface area contributed by atoms with Crippen LogP contribution in [-0.2, 0) is 4.65 Å². The van der Waals surface area contributed by atoms with E-state index in [0.29, 0.717) is 6.61 Å². The molecule has 0 aliphatic carbocycles. The molecule has 10 heavy (non-hydrogen) atoms. The summed E-state index contributed by atoms with van der Waals surface area (Å²) >= 11 is 12.3. The fraction of sp³-hybridized carbons (Fsp3) is 1.00. The van der Waals surface area contributed by atoms with Crippen molar-refractivity contribution < 1.29 is 4.65 Å². The molecule has 0 aliphatic heterocycles. The monoisotopic (exact) mass is 194 g/mol. The molecule has 0 heterocycles. The molecule has 0 N–H and O–H groups in total. The summed E-state index contributed by atoms with van der Waals surface area (Å²) in [4.78, 5) is 0. The van der Waals surface area contributed by atoms with E-state index in [1.165, 1.54) is 0 Å². The molecule has 0 rings (SSSR count). The molecule has 0 bridgehead atoms. The minimum Gasteiger partial charge on any atom is -0.448 e. The SMILES string of the molecule is [B]OCCCCC(S)(S)S. The van der Waals surface area contributed by atoms with Crippen molar-refractivity contribution in [2.24, 2.45) is 0 Å². The van der Waals surface area contributed by atoms with Gasteiger partial charge in [-0.2, -0.15) is 37.9 Å². The molecule has 0 aromatic rings. The minimum atomic E-state index is -0.464. The van der Waals surface area contributed by atoms with E-state index >= 15 is 0 Å². The summed E-state index contributed by atoms with van der Waals surface area (Å²) in [6.45, 7) is 0.589. The van der Waals surface area contributed by atoms with Gasteiger partial charge in [0.15, 0.2) is 0 Å². The number of hydrogen-bond acceptors (Lipinski definition) is 4. The third-order valence-electron chi connectivity index (χ3n) is 1.02. The van der Waals surface area contributed by atoms with Crippen LogP contribution < -0.4 is 0 Å². The average Bonchev–Trinajstić information content (AvgIpc) is 1.78. The van der Waals surface area contributed by atoms with Crippen molar-refractivity contribution in [2.75, 3.05) is 6.61 Å². The van der Waals surface area contributed by atoms with Crippen LogP contribution in [0.25, 0.3) is 0 Å². The molecule has 0 unspecified atom stereocenters. The summed E-state index contributed by atoms with van der Waals surface area (Å²) < 4.78 is 3.92. The van der Waals surface area contributed by atoms with E-state index in [2.05, 4.69) is 42.5 Å². The van der Waals surface area contributed by atoms with Crippen molar-refractivity contribution in [3.05, 3.63) is 0 Å². The van der Waals surface area contributed by atoms with Crippen molar-refractivity contribution in [1.29, 1.82) is 0 Å². The average molecular weight is 194 g/mol. The summed E-state index contributed by atoms with van der Waals surface area (Å²) in [5, 5.41) is 0. The van der Waals surface area contributed by atoms with Gasteiger partial charge in [0, 0.05) is 6.61 Å². The van der Waals surface area contributed by atoms with Gasteiger partial charge in [0.25, 0.3) is 8.05 Å². The number of hydrogen-bond donors (Lipinski definition) is 3. The van der Waals surface area contributed by atoms with Crippen LogP contribution in [0, 0.1) is 0 Å². The van der Waals surface area contributed by atoms with Gasteiger partial charge in [-0.15, -0.1) is 0 Å². The molecular weight excluding hydrogens is 183 g/mol. The molecule has 0 saturated carbocycles. The molecule has 58 valence electrons. The lowest BCUT2D eigenvalue weighted by Crippen LogP contribution is -2.02. The third kappa shape index (κ3) is 9.07. The molecule has 5 heteroatoms. The fourth-order valence-corrected chi connectivity index (χ4v) is 1.02. The highest BCUT2D eigenvalue weighted by Crippen LogP contribution is 2.29. The standard InChI is InChI=1S/C5H11BOS3/c6-7-4-2-1-3-5(8,9)10/h8-10H,1-4H2. The maximum absolute atomic E-state index is 4.82. The predicted octanol–water partition coefficient (Wildman–Crippen LogP) is 1.70. The molecule has 0 amide bonds. The zero-order valence-electron chi connectivity index (χ0n) is 5.66. The summed E-state index contributed by atoms with van der Waals surface area (Å²) in [7, 11) is 4.82. The maximum Gasteiger partial charge on any atom is 0.282 e. The first-order chi connectivity index (χ1) is 4.56. The molecule has 0 fully saturated rings. The topological polar surface area (TPSA) is 9.23 Å². The van der Waals surface area contributed by atoms with Crippen LogP contribution in [0.5, 0.6) is 0 Å². The predicted molar refractivity (Wildman–Crippen MR) is 55.2 cm³/mol. The highest BCUT2D eigenvalue weighted by molar-refractivity contribution is 8.16. The van der Waals surface area contributed by atoms with Gasteiger partial charge in [0.05, 0.1) is 3.41 Å². The van der Waals surface area contributed by atoms with Crippen LogP contribution in [0.4, 0.5) is 0 Å². The Bertz CT molecular complexity index is 83.5. The van der Waals surface area contributed by atoms with Gasteiger partial charge >= 0.3 is 0 Å². The molecule has 0 saturated heterocycles. The zero-order valence-corrected chi connectivity index (χ0v) is 8.34. The van der Waals surface area contributed by atoms with Crippen molar-refractivity contribution >= 4 is 45.9 Å². The van der Waals surface area contributed by atoms with Crippen molar-refractivity contribution in [3.8, 4) is 0 Å². The van der Waals surface area contributed by atoms with Crippen LogP contribution in [0.1, 0.15) is 19.3 Å². The van der Waals surface area contributed by atoms with E-state index in [1.807, 2.05) is 0 Å². The van der Waals surface area contributed by atoms with Crippen molar-refractivity contribution in [3.63, 3.8) is 0 Å². The quantitative estimate of drug-likeness (QED) is 0.261. The Kier molecular flexibility index (Phi) is 6.30. The lowest BCUT2D eigenvalue weighted by molar-refractivity contribution is 0.335. The Hall–Kier alpha value is 1.07. The lowest BCUT2D eigenvalue weighted by atomic mass is 10.2. The van der Waals surface area contributed by atoms with Crippen LogP contribution in [0.2, 0.25) is 0 Å². The smallest absolute Gasteiger partial charge is 0.282 e. The van der Waals surface area contributed by atoms with E-state index in [-0.39, 0.29) is 0 Å². The minimum absolute atomic E-state index is 0.464. The van der Waals surface area contributed by atoms with Gasteiger partial charge < -0.3 is 4.65 Å². The van der Waals surface area contributed by atoms with E-state index in [9.17, 15) is 0 Å². The second kappa shape index (κ2) is 5.69. The van der Waals surface area contributed by atoms with Crippen LogP contribution in [-0.4, -0.2) is 18.1 Å². The van der Waals surface area contributed by atoms with Crippen molar-refractivity contribution in [2.45, 2.75) is 22.7 Å². The van der Waals surface area contributed by atoms with Crippen LogP contribution in [0.15, 0.2) is 0 Å². The van der Waals surface area contributed by atoms with Crippen molar-refractivity contribution in [1.82, 2.24) is 0 Å². The molecule has 0 aliphatic rings. The summed E-state index contributed by atoms with van der Waals surface area (Å²) in [6, 6.07) is 0. The maximum atomic E-state index is 4.82. The van der Waals surface area contributed by atoms with E-state index in [4.69, 9.17) is 8.05 Å². The second-order valence-electron chi connectivity index (χ2n) is 2.10. The highest BCUT2D eigenvalue weighted by atomic mass is 32.2. The Morgan fingerprint density at radius 2 is 1.80 bits per heavy atom. The zero-order chi connectivity index (χ0) is 8.04. The van der Waals surface area contributed by atoms with Gasteiger partial charge in [-0.25, -0.2) is 0 Å². The molecular formula is C5H11BOS3.